The van der Waals surface area contributed by atoms with Crippen LogP contribution in [0.15, 0.2) is 60.7 Å². The number of rotatable bonds is 7. The number of nitrogens with zero attached hydrogens (tertiary/aromatic N) is 2. The number of hydrogen-bond acceptors (Lipinski definition) is 3. The van der Waals surface area contributed by atoms with E-state index >= 15 is 0 Å². The van der Waals surface area contributed by atoms with E-state index in [9.17, 15) is 9.59 Å². The summed E-state index contributed by atoms with van der Waals surface area (Å²) in [7, 11) is 4.36. The minimum absolute atomic E-state index is 0.00338. The van der Waals surface area contributed by atoms with Crippen molar-refractivity contribution in [2.45, 2.75) is 57.9 Å². The molecular weight excluding hydrogens is 422 g/mol. The molecular formula is C29H39N3O2. The molecule has 182 valence electrons. The number of likely N-dealkylation sites (tertiary alicyclic amines) is 1. The fourth-order valence-electron chi connectivity index (χ4n) is 5.81. The van der Waals surface area contributed by atoms with Gasteiger partial charge in [0, 0.05) is 36.2 Å². The number of benzene rings is 2. The Balaban J connectivity index is 1.36. The van der Waals surface area contributed by atoms with Crippen LogP contribution in [0.2, 0.25) is 0 Å². The molecule has 1 aliphatic carbocycles. The standard InChI is InChI=1S/C29H39N3O2/c1-27(2,26(34)30-24-13-9-6-10-14-24)19-20-32-22-28(21-25(32)33)15-17-29(18-16-28,31(3)4)23-11-7-5-8-12-23/h5-14H,15-22H2,1-4H3,(H,30,34)/t28-,29-. The van der Waals surface area contributed by atoms with Crippen molar-refractivity contribution < 1.29 is 9.59 Å². The lowest BCUT2D eigenvalue weighted by Gasteiger charge is -2.49. The maximum absolute atomic E-state index is 13.0. The van der Waals surface area contributed by atoms with Gasteiger partial charge in [-0.25, -0.2) is 0 Å². The summed E-state index contributed by atoms with van der Waals surface area (Å²) in [5.74, 6) is 0.243. The van der Waals surface area contributed by atoms with Crippen LogP contribution in [-0.4, -0.2) is 48.8 Å². The lowest BCUT2D eigenvalue weighted by molar-refractivity contribution is -0.130. The fraction of sp³-hybridized carbons (Fsp3) is 0.517. The zero-order valence-corrected chi connectivity index (χ0v) is 21.1. The molecule has 5 heteroatoms. The molecule has 0 atom stereocenters. The molecule has 0 unspecified atom stereocenters. The second-order valence-electron chi connectivity index (χ2n) is 11.2. The van der Waals surface area contributed by atoms with E-state index in [1.165, 1.54) is 5.56 Å². The van der Waals surface area contributed by atoms with Crippen LogP contribution in [0.3, 0.4) is 0 Å². The quantitative estimate of drug-likeness (QED) is 0.609. The Hall–Kier alpha value is -2.66. The highest BCUT2D eigenvalue weighted by Gasteiger charge is 2.50. The largest absolute Gasteiger partial charge is 0.342 e. The average molecular weight is 462 g/mol. The van der Waals surface area contributed by atoms with Gasteiger partial charge in [0.05, 0.1) is 0 Å². The Kier molecular flexibility index (Phi) is 6.86. The van der Waals surface area contributed by atoms with Crippen LogP contribution in [0, 0.1) is 10.8 Å². The Bertz CT molecular complexity index is 993. The van der Waals surface area contributed by atoms with Crippen molar-refractivity contribution in [1.82, 2.24) is 9.80 Å². The van der Waals surface area contributed by atoms with E-state index in [0.717, 1.165) is 37.9 Å². The summed E-state index contributed by atoms with van der Waals surface area (Å²) in [5.41, 5.74) is 1.75. The van der Waals surface area contributed by atoms with Crippen LogP contribution in [0.5, 0.6) is 0 Å². The molecule has 0 aromatic heterocycles. The average Bonchev–Trinajstić information content (AvgIpc) is 3.14. The van der Waals surface area contributed by atoms with Crippen LogP contribution < -0.4 is 5.32 Å². The lowest BCUT2D eigenvalue weighted by atomic mass is 9.64. The number of amides is 2. The topological polar surface area (TPSA) is 52.7 Å². The summed E-state index contributed by atoms with van der Waals surface area (Å²) in [6.07, 6.45) is 5.54. The monoisotopic (exact) mass is 461 g/mol. The van der Waals surface area contributed by atoms with Gasteiger partial charge in [-0.3, -0.25) is 14.5 Å². The lowest BCUT2D eigenvalue weighted by Crippen LogP contribution is -2.47. The summed E-state index contributed by atoms with van der Waals surface area (Å²) in [5, 5.41) is 3.01. The van der Waals surface area contributed by atoms with Gasteiger partial charge < -0.3 is 10.2 Å². The van der Waals surface area contributed by atoms with Crippen LogP contribution in [0.4, 0.5) is 5.69 Å². The first-order valence-corrected chi connectivity index (χ1v) is 12.5. The molecule has 1 heterocycles. The van der Waals surface area contributed by atoms with Crippen LogP contribution in [-0.2, 0) is 15.1 Å². The highest BCUT2D eigenvalue weighted by Crippen LogP contribution is 2.52. The highest BCUT2D eigenvalue weighted by molar-refractivity contribution is 5.94. The fourth-order valence-corrected chi connectivity index (χ4v) is 5.81. The number of carbonyl (C=O) groups excluding carboxylic acids is 2. The molecule has 1 N–H and O–H groups in total. The molecule has 1 saturated heterocycles. The molecule has 1 spiro atoms. The number of anilines is 1. The number of para-hydroxylation sites is 1. The van der Waals surface area contributed by atoms with E-state index in [4.69, 9.17) is 0 Å². The Labute approximate surface area is 204 Å². The van der Waals surface area contributed by atoms with Crippen molar-refractivity contribution in [2.75, 3.05) is 32.5 Å². The van der Waals surface area contributed by atoms with Gasteiger partial charge in [-0.05, 0) is 69.3 Å². The van der Waals surface area contributed by atoms with Crippen LogP contribution >= 0.6 is 0 Å². The van der Waals surface area contributed by atoms with E-state index in [0.29, 0.717) is 19.4 Å². The van der Waals surface area contributed by atoms with Gasteiger partial charge in [-0.2, -0.15) is 0 Å². The van der Waals surface area contributed by atoms with E-state index in [2.05, 4.69) is 54.6 Å². The first-order chi connectivity index (χ1) is 16.2. The molecule has 5 nitrogen and oxygen atoms in total. The first kappa shape index (κ1) is 24.5. The molecule has 2 amide bonds. The van der Waals surface area contributed by atoms with Gasteiger partial charge in [0.1, 0.15) is 0 Å². The molecule has 0 bridgehead atoms. The molecule has 2 aromatic rings. The van der Waals surface area contributed by atoms with Crippen molar-refractivity contribution in [2.24, 2.45) is 10.8 Å². The SMILES string of the molecule is CN(C)[C@]1(c2ccccc2)CC[C@@]2(CC1)CC(=O)N(CCC(C)(C)C(=O)Nc1ccccc1)C2. The minimum atomic E-state index is -0.550. The van der Waals surface area contributed by atoms with E-state index in [-0.39, 0.29) is 22.8 Å². The molecule has 2 aromatic carbocycles. The second-order valence-corrected chi connectivity index (χ2v) is 11.2. The summed E-state index contributed by atoms with van der Waals surface area (Å²) >= 11 is 0. The number of hydrogen-bond donors (Lipinski definition) is 1. The zero-order valence-electron chi connectivity index (χ0n) is 21.1. The second kappa shape index (κ2) is 9.53. The Morgan fingerprint density at radius 1 is 0.971 bits per heavy atom. The summed E-state index contributed by atoms with van der Waals surface area (Å²) in [6, 6.07) is 20.4. The molecule has 2 aliphatic rings. The predicted octanol–water partition coefficient (Wildman–Crippen LogP) is 5.29. The smallest absolute Gasteiger partial charge is 0.230 e. The van der Waals surface area contributed by atoms with E-state index < -0.39 is 5.41 Å². The first-order valence-electron chi connectivity index (χ1n) is 12.5. The molecule has 0 radical (unpaired) electrons. The van der Waals surface area contributed by atoms with Crippen LogP contribution in [0.1, 0.15) is 57.9 Å². The Morgan fingerprint density at radius 2 is 1.56 bits per heavy atom. The minimum Gasteiger partial charge on any atom is -0.342 e. The predicted molar refractivity (Wildman–Crippen MR) is 137 cm³/mol. The van der Waals surface area contributed by atoms with Gasteiger partial charge in [-0.15, -0.1) is 0 Å². The van der Waals surface area contributed by atoms with Crippen LogP contribution in [0.25, 0.3) is 0 Å². The number of nitrogens with one attached hydrogen (secondary N) is 1. The molecule has 1 saturated carbocycles. The zero-order chi connectivity index (χ0) is 24.4. The normalized spacial score (nSPS) is 25.2. The van der Waals surface area contributed by atoms with E-state index in [1.54, 1.807) is 0 Å². The van der Waals surface area contributed by atoms with Gasteiger partial charge in [0.25, 0.3) is 0 Å². The van der Waals surface area contributed by atoms with Crippen molar-refractivity contribution >= 4 is 17.5 Å². The maximum atomic E-state index is 13.0. The van der Waals surface area contributed by atoms with Gasteiger partial charge in [0.2, 0.25) is 11.8 Å². The highest BCUT2D eigenvalue weighted by atomic mass is 16.2. The molecule has 2 fully saturated rings. The van der Waals surface area contributed by atoms with E-state index in [1.807, 2.05) is 49.1 Å². The number of carbonyl (C=O) groups is 2. The third-order valence-corrected chi connectivity index (χ3v) is 8.36. The third kappa shape index (κ3) is 4.90. The third-order valence-electron chi connectivity index (χ3n) is 8.36. The van der Waals surface area contributed by atoms with Crippen molar-refractivity contribution in [1.29, 1.82) is 0 Å². The van der Waals surface area contributed by atoms with Crippen molar-refractivity contribution in [3.8, 4) is 0 Å². The molecule has 34 heavy (non-hydrogen) atoms. The van der Waals surface area contributed by atoms with Gasteiger partial charge in [0.15, 0.2) is 0 Å². The van der Waals surface area contributed by atoms with Crippen molar-refractivity contribution in [3.63, 3.8) is 0 Å². The maximum Gasteiger partial charge on any atom is 0.230 e. The van der Waals surface area contributed by atoms with Gasteiger partial charge >= 0.3 is 0 Å². The van der Waals surface area contributed by atoms with Gasteiger partial charge in [-0.1, -0.05) is 62.4 Å². The summed E-state index contributed by atoms with van der Waals surface area (Å²) in [4.78, 5) is 30.3. The Morgan fingerprint density at radius 3 is 2.15 bits per heavy atom. The summed E-state index contributed by atoms with van der Waals surface area (Å²) < 4.78 is 0. The summed E-state index contributed by atoms with van der Waals surface area (Å²) in [6.45, 7) is 5.38. The molecule has 1 aliphatic heterocycles. The van der Waals surface area contributed by atoms with Crippen molar-refractivity contribution in [3.05, 3.63) is 66.2 Å². The molecule has 4 rings (SSSR count).